The van der Waals surface area contributed by atoms with Gasteiger partial charge in [-0.15, -0.1) is 5.10 Å². The minimum absolute atomic E-state index is 0.00308. The minimum Gasteiger partial charge on any atom is -0.335 e. The van der Waals surface area contributed by atoms with Gasteiger partial charge >= 0.3 is 6.18 Å². The van der Waals surface area contributed by atoms with Crippen molar-refractivity contribution in [1.29, 1.82) is 0 Å². The number of amides is 1. The molecular formula is C23H21F3N4O. The summed E-state index contributed by atoms with van der Waals surface area (Å²) in [5.41, 5.74) is 0.0945. The molecule has 1 aliphatic heterocycles. The Kier molecular flexibility index (Phi) is 4.79. The summed E-state index contributed by atoms with van der Waals surface area (Å²) in [6, 6.07) is 13.9. The number of carbonyl (C=O) groups excluding carboxylic acids is 1. The number of alkyl halides is 3. The Bertz CT molecular complexity index is 1100. The molecule has 2 aromatic carbocycles. The predicted molar refractivity (Wildman–Crippen MR) is 109 cm³/mol. The van der Waals surface area contributed by atoms with Crippen LogP contribution >= 0.6 is 0 Å². The fourth-order valence-electron chi connectivity index (χ4n) is 4.20. The topological polar surface area (TPSA) is 51.0 Å². The van der Waals surface area contributed by atoms with Crippen LogP contribution in [0.1, 0.15) is 35.4 Å². The highest BCUT2D eigenvalue weighted by Crippen LogP contribution is 2.38. The molecule has 2 fully saturated rings. The van der Waals surface area contributed by atoms with Crippen molar-refractivity contribution in [3.8, 4) is 17.1 Å². The van der Waals surface area contributed by atoms with Crippen molar-refractivity contribution in [3.63, 3.8) is 0 Å². The molecule has 0 radical (unpaired) electrons. The van der Waals surface area contributed by atoms with E-state index in [0.717, 1.165) is 12.1 Å². The van der Waals surface area contributed by atoms with Crippen molar-refractivity contribution in [2.75, 3.05) is 13.1 Å². The SMILES string of the molecule is O=C(c1nc(-c2ccccc2)n(-c2cccc(C(F)(F)F)c2)n1)N1CC(C2CCC2)C1. The first-order valence-corrected chi connectivity index (χ1v) is 10.4. The minimum atomic E-state index is -4.48. The molecule has 1 aromatic heterocycles. The Balaban J connectivity index is 1.49. The van der Waals surface area contributed by atoms with E-state index in [4.69, 9.17) is 0 Å². The number of hydrogen-bond acceptors (Lipinski definition) is 3. The van der Waals surface area contributed by atoms with Gasteiger partial charge in [0.15, 0.2) is 5.82 Å². The Morgan fingerprint density at radius 2 is 1.71 bits per heavy atom. The van der Waals surface area contributed by atoms with Gasteiger partial charge in [-0.3, -0.25) is 4.79 Å². The lowest BCUT2D eigenvalue weighted by molar-refractivity contribution is -0.137. The van der Waals surface area contributed by atoms with E-state index in [1.807, 2.05) is 6.07 Å². The standard InChI is InChI=1S/C23H21F3N4O/c24-23(25,26)18-10-5-11-19(12-18)30-21(16-6-2-1-3-7-16)27-20(28-30)22(31)29-13-17(14-29)15-8-4-9-15/h1-3,5-7,10-12,15,17H,4,8-9,13-14H2. The molecule has 2 heterocycles. The van der Waals surface area contributed by atoms with Crippen molar-refractivity contribution in [2.45, 2.75) is 25.4 Å². The molecule has 1 saturated heterocycles. The largest absolute Gasteiger partial charge is 0.416 e. The number of rotatable bonds is 4. The van der Waals surface area contributed by atoms with Gasteiger partial charge in [-0.2, -0.15) is 13.2 Å². The quantitative estimate of drug-likeness (QED) is 0.601. The Labute approximate surface area is 177 Å². The highest BCUT2D eigenvalue weighted by molar-refractivity contribution is 5.91. The predicted octanol–water partition coefficient (Wildman–Crippen LogP) is 4.83. The molecule has 0 bridgehead atoms. The number of likely N-dealkylation sites (tertiary alicyclic amines) is 1. The average molecular weight is 426 g/mol. The highest BCUT2D eigenvalue weighted by atomic mass is 19.4. The third-order valence-electron chi connectivity index (χ3n) is 6.26. The number of benzene rings is 2. The van der Waals surface area contributed by atoms with Crippen LogP contribution < -0.4 is 0 Å². The summed E-state index contributed by atoms with van der Waals surface area (Å²) < 4.78 is 41.0. The van der Waals surface area contributed by atoms with Crippen molar-refractivity contribution >= 4 is 5.91 Å². The average Bonchev–Trinajstić information content (AvgIpc) is 3.14. The van der Waals surface area contributed by atoms with Gasteiger partial charge in [0.1, 0.15) is 0 Å². The van der Waals surface area contributed by atoms with Crippen LogP contribution in [0.25, 0.3) is 17.1 Å². The van der Waals surface area contributed by atoms with Gasteiger partial charge in [-0.05, 0) is 30.0 Å². The lowest BCUT2D eigenvalue weighted by atomic mass is 9.72. The van der Waals surface area contributed by atoms with Crippen LogP contribution in [-0.4, -0.2) is 38.7 Å². The lowest BCUT2D eigenvalue weighted by Crippen LogP contribution is -2.54. The zero-order valence-corrected chi connectivity index (χ0v) is 16.7. The second-order valence-corrected chi connectivity index (χ2v) is 8.25. The molecule has 0 atom stereocenters. The first-order chi connectivity index (χ1) is 14.9. The molecule has 2 aliphatic rings. The maximum absolute atomic E-state index is 13.2. The van der Waals surface area contributed by atoms with Crippen LogP contribution in [-0.2, 0) is 6.18 Å². The Hall–Kier alpha value is -3.16. The smallest absolute Gasteiger partial charge is 0.335 e. The molecule has 160 valence electrons. The Morgan fingerprint density at radius 1 is 0.968 bits per heavy atom. The second-order valence-electron chi connectivity index (χ2n) is 8.25. The number of nitrogens with zero attached hydrogens (tertiary/aromatic N) is 4. The van der Waals surface area contributed by atoms with E-state index >= 15 is 0 Å². The van der Waals surface area contributed by atoms with Gasteiger partial charge in [0.05, 0.1) is 11.3 Å². The second kappa shape index (κ2) is 7.51. The van der Waals surface area contributed by atoms with Gasteiger partial charge in [0, 0.05) is 18.7 Å². The van der Waals surface area contributed by atoms with E-state index < -0.39 is 11.7 Å². The van der Waals surface area contributed by atoms with Gasteiger partial charge in [0.25, 0.3) is 5.91 Å². The number of halogens is 3. The fraction of sp³-hybridized carbons (Fsp3) is 0.348. The molecule has 0 N–H and O–H groups in total. The number of carbonyl (C=O) groups is 1. The summed E-state index contributed by atoms with van der Waals surface area (Å²) in [6.07, 6.45) is -0.755. The number of aromatic nitrogens is 3. The fourth-order valence-corrected chi connectivity index (χ4v) is 4.20. The summed E-state index contributed by atoms with van der Waals surface area (Å²) in [5, 5.41) is 4.33. The van der Waals surface area contributed by atoms with Gasteiger partial charge in [0.2, 0.25) is 5.82 Å². The molecule has 0 spiro atoms. The van der Waals surface area contributed by atoms with E-state index in [-0.39, 0.29) is 17.4 Å². The van der Waals surface area contributed by atoms with Crippen LogP contribution in [0.4, 0.5) is 13.2 Å². The van der Waals surface area contributed by atoms with Crippen molar-refractivity contribution < 1.29 is 18.0 Å². The molecule has 1 saturated carbocycles. The maximum atomic E-state index is 13.2. The summed E-state index contributed by atoms with van der Waals surface area (Å²) in [6.45, 7) is 1.39. The molecule has 0 unspecified atom stereocenters. The van der Waals surface area contributed by atoms with Crippen LogP contribution in [0, 0.1) is 11.8 Å². The zero-order chi connectivity index (χ0) is 21.6. The van der Waals surface area contributed by atoms with E-state index in [1.54, 1.807) is 29.2 Å². The number of hydrogen-bond donors (Lipinski definition) is 0. The van der Waals surface area contributed by atoms with Crippen molar-refractivity contribution in [2.24, 2.45) is 11.8 Å². The lowest BCUT2D eigenvalue weighted by Gasteiger charge is -2.46. The molecule has 8 heteroatoms. The van der Waals surface area contributed by atoms with Crippen LogP contribution in [0.5, 0.6) is 0 Å². The van der Waals surface area contributed by atoms with E-state index in [1.165, 1.54) is 36.1 Å². The summed E-state index contributed by atoms with van der Waals surface area (Å²) in [4.78, 5) is 19.1. The van der Waals surface area contributed by atoms with Crippen LogP contribution in [0.2, 0.25) is 0 Å². The van der Waals surface area contributed by atoms with E-state index in [9.17, 15) is 18.0 Å². The Morgan fingerprint density at radius 3 is 2.35 bits per heavy atom. The molecule has 1 amide bonds. The van der Waals surface area contributed by atoms with E-state index in [2.05, 4.69) is 10.1 Å². The third kappa shape index (κ3) is 3.71. The zero-order valence-electron chi connectivity index (χ0n) is 16.7. The summed E-state index contributed by atoms with van der Waals surface area (Å²) >= 11 is 0. The highest BCUT2D eigenvalue weighted by Gasteiger charge is 2.40. The van der Waals surface area contributed by atoms with Crippen molar-refractivity contribution in [1.82, 2.24) is 19.7 Å². The van der Waals surface area contributed by atoms with Gasteiger partial charge in [-0.25, -0.2) is 9.67 Å². The summed E-state index contributed by atoms with van der Waals surface area (Å²) in [7, 11) is 0. The first kappa shape index (κ1) is 19.8. The first-order valence-electron chi connectivity index (χ1n) is 10.4. The normalized spacial score (nSPS) is 17.3. The molecule has 5 rings (SSSR count). The molecular weight excluding hydrogens is 405 g/mol. The molecule has 3 aromatic rings. The maximum Gasteiger partial charge on any atom is 0.416 e. The van der Waals surface area contributed by atoms with Gasteiger partial charge in [-0.1, -0.05) is 55.7 Å². The van der Waals surface area contributed by atoms with Crippen LogP contribution in [0.15, 0.2) is 54.6 Å². The van der Waals surface area contributed by atoms with Crippen molar-refractivity contribution in [3.05, 3.63) is 66.0 Å². The van der Waals surface area contributed by atoms with Crippen LogP contribution in [0.3, 0.4) is 0 Å². The monoisotopic (exact) mass is 426 g/mol. The van der Waals surface area contributed by atoms with E-state index in [0.29, 0.717) is 36.3 Å². The third-order valence-corrected chi connectivity index (χ3v) is 6.26. The summed E-state index contributed by atoms with van der Waals surface area (Å²) in [5.74, 6) is 1.30. The van der Waals surface area contributed by atoms with Gasteiger partial charge < -0.3 is 4.90 Å². The molecule has 5 nitrogen and oxygen atoms in total. The molecule has 31 heavy (non-hydrogen) atoms. The molecule has 1 aliphatic carbocycles.